The van der Waals surface area contributed by atoms with Gasteiger partial charge in [0.05, 0.1) is 4.88 Å². The fraction of sp³-hybridized carbons (Fsp3) is 0.190. The number of thiophene rings is 1. The number of hydrogen-bond donors (Lipinski definition) is 1. The second-order valence-electron chi connectivity index (χ2n) is 6.29. The van der Waals surface area contributed by atoms with Crippen LogP contribution in [0.1, 0.15) is 31.9 Å². The van der Waals surface area contributed by atoms with E-state index in [2.05, 4.69) is 11.4 Å². The molecule has 0 fully saturated rings. The first kappa shape index (κ1) is 18.5. The first-order valence-corrected chi connectivity index (χ1v) is 9.53. The van der Waals surface area contributed by atoms with Crippen molar-refractivity contribution in [2.75, 3.05) is 5.32 Å². The smallest absolute Gasteiger partial charge is 0.265 e. The molecule has 0 unspecified atom stereocenters. The van der Waals surface area contributed by atoms with Gasteiger partial charge in [-0.1, -0.05) is 29.3 Å². The molecule has 1 amide bonds. The molecular formula is C21H20ClNO2S. The topological polar surface area (TPSA) is 38.3 Å². The van der Waals surface area contributed by atoms with E-state index in [9.17, 15) is 4.79 Å². The van der Waals surface area contributed by atoms with Crippen LogP contribution >= 0.6 is 22.9 Å². The van der Waals surface area contributed by atoms with Crippen LogP contribution in [-0.2, 0) is 6.61 Å². The molecule has 134 valence electrons. The molecule has 0 atom stereocenters. The van der Waals surface area contributed by atoms with Gasteiger partial charge >= 0.3 is 0 Å². The molecule has 3 aromatic rings. The minimum absolute atomic E-state index is 0.101. The number of nitrogens with one attached hydrogen (secondary N) is 1. The lowest BCUT2D eigenvalue weighted by atomic mass is 10.1. The van der Waals surface area contributed by atoms with Crippen molar-refractivity contribution < 1.29 is 9.53 Å². The Kier molecular flexibility index (Phi) is 5.64. The van der Waals surface area contributed by atoms with Crippen LogP contribution in [0.25, 0.3) is 0 Å². The SMILES string of the molecule is Cc1ccc(NC(=O)c2cc(COc3ccc(Cl)c(C)c3)cs2)c(C)c1. The second kappa shape index (κ2) is 7.94. The Morgan fingerprint density at radius 3 is 2.62 bits per heavy atom. The molecule has 2 aromatic carbocycles. The molecule has 0 saturated heterocycles. The number of amides is 1. The fourth-order valence-corrected chi connectivity index (χ4v) is 3.49. The largest absolute Gasteiger partial charge is 0.489 e. The molecule has 0 saturated carbocycles. The van der Waals surface area contributed by atoms with Gasteiger partial charge in [-0.15, -0.1) is 11.3 Å². The molecule has 0 aliphatic heterocycles. The molecule has 0 spiro atoms. The number of hydrogen-bond acceptors (Lipinski definition) is 3. The molecule has 1 aromatic heterocycles. The summed E-state index contributed by atoms with van der Waals surface area (Å²) < 4.78 is 5.79. The molecule has 0 bridgehead atoms. The van der Waals surface area contributed by atoms with Gasteiger partial charge in [-0.25, -0.2) is 0 Å². The summed E-state index contributed by atoms with van der Waals surface area (Å²) in [6.45, 7) is 6.38. The van der Waals surface area contributed by atoms with Crippen LogP contribution in [0.15, 0.2) is 47.8 Å². The number of anilines is 1. The van der Waals surface area contributed by atoms with Gasteiger partial charge in [0.1, 0.15) is 12.4 Å². The van der Waals surface area contributed by atoms with Gasteiger partial charge in [0.25, 0.3) is 5.91 Å². The quantitative estimate of drug-likeness (QED) is 0.571. The lowest BCUT2D eigenvalue weighted by Gasteiger charge is -2.08. The minimum atomic E-state index is -0.101. The summed E-state index contributed by atoms with van der Waals surface area (Å²) in [5.74, 6) is 0.662. The number of carbonyl (C=O) groups excluding carboxylic acids is 1. The van der Waals surface area contributed by atoms with Crippen LogP contribution in [0.3, 0.4) is 0 Å². The van der Waals surface area contributed by atoms with Crippen molar-refractivity contribution in [1.82, 2.24) is 0 Å². The van der Waals surface area contributed by atoms with Crippen molar-refractivity contribution in [2.24, 2.45) is 0 Å². The van der Waals surface area contributed by atoms with Crippen LogP contribution in [0.4, 0.5) is 5.69 Å². The van der Waals surface area contributed by atoms with Gasteiger partial charge in [-0.3, -0.25) is 4.79 Å². The van der Waals surface area contributed by atoms with E-state index in [1.165, 1.54) is 16.9 Å². The molecule has 0 radical (unpaired) electrons. The molecule has 0 aliphatic carbocycles. The van der Waals surface area contributed by atoms with Gasteiger partial charge in [0.15, 0.2) is 0 Å². The highest BCUT2D eigenvalue weighted by atomic mass is 35.5. The first-order valence-electron chi connectivity index (χ1n) is 8.27. The average molecular weight is 386 g/mol. The van der Waals surface area contributed by atoms with Crippen molar-refractivity contribution in [2.45, 2.75) is 27.4 Å². The number of benzene rings is 2. The summed E-state index contributed by atoms with van der Waals surface area (Å²) in [6.07, 6.45) is 0. The maximum Gasteiger partial charge on any atom is 0.265 e. The first-order chi connectivity index (χ1) is 12.4. The van der Waals surface area contributed by atoms with Gasteiger partial charge < -0.3 is 10.1 Å². The van der Waals surface area contributed by atoms with Crippen LogP contribution in [0.5, 0.6) is 5.75 Å². The predicted octanol–water partition coefficient (Wildman–Crippen LogP) is 6.16. The lowest BCUT2D eigenvalue weighted by molar-refractivity contribution is 0.103. The summed E-state index contributed by atoms with van der Waals surface area (Å²) in [7, 11) is 0. The number of rotatable bonds is 5. The van der Waals surface area contributed by atoms with Crippen LogP contribution < -0.4 is 10.1 Å². The third-order valence-corrected chi connectivity index (χ3v) is 5.44. The zero-order valence-electron chi connectivity index (χ0n) is 14.9. The van der Waals surface area contributed by atoms with Gasteiger partial charge in [0.2, 0.25) is 0 Å². The van der Waals surface area contributed by atoms with E-state index in [0.29, 0.717) is 11.5 Å². The average Bonchev–Trinajstić information content (AvgIpc) is 3.07. The predicted molar refractivity (Wildman–Crippen MR) is 109 cm³/mol. The van der Waals surface area contributed by atoms with Crippen molar-refractivity contribution >= 4 is 34.5 Å². The van der Waals surface area contributed by atoms with Crippen LogP contribution in [-0.4, -0.2) is 5.91 Å². The fourth-order valence-electron chi connectivity index (χ4n) is 2.58. The summed E-state index contributed by atoms with van der Waals surface area (Å²) in [6, 6.07) is 13.4. The third kappa shape index (κ3) is 4.45. The Morgan fingerprint density at radius 2 is 1.88 bits per heavy atom. The summed E-state index contributed by atoms with van der Waals surface area (Å²) >= 11 is 7.44. The molecule has 5 heteroatoms. The van der Waals surface area contributed by atoms with E-state index >= 15 is 0 Å². The van der Waals surface area contributed by atoms with Gasteiger partial charge in [-0.2, -0.15) is 0 Å². The van der Waals surface area contributed by atoms with E-state index in [1.54, 1.807) is 0 Å². The molecule has 3 nitrogen and oxygen atoms in total. The molecule has 0 aliphatic rings. The Morgan fingerprint density at radius 1 is 1.08 bits per heavy atom. The van der Waals surface area contributed by atoms with E-state index in [4.69, 9.17) is 16.3 Å². The monoisotopic (exact) mass is 385 g/mol. The minimum Gasteiger partial charge on any atom is -0.489 e. The van der Waals surface area contributed by atoms with E-state index in [0.717, 1.165) is 33.1 Å². The van der Waals surface area contributed by atoms with Crippen molar-refractivity contribution in [3.8, 4) is 5.75 Å². The van der Waals surface area contributed by atoms with Crippen molar-refractivity contribution in [3.05, 3.63) is 80.0 Å². The third-order valence-electron chi connectivity index (χ3n) is 4.04. The Balaban J connectivity index is 1.63. The highest BCUT2D eigenvalue weighted by Gasteiger charge is 2.11. The number of aryl methyl sites for hydroxylation is 3. The van der Waals surface area contributed by atoms with Gasteiger partial charge in [-0.05, 0) is 67.6 Å². The second-order valence-corrected chi connectivity index (χ2v) is 7.61. The number of halogens is 1. The zero-order chi connectivity index (χ0) is 18.7. The number of ether oxygens (including phenoxy) is 1. The number of carbonyl (C=O) groups is 1. The highest BCUT2D eigenvalue weighted by Crippen LogP contribution is 2.24. The summed E-state index contributed by atoms with van der Waals surface area (Å²) in [4.78, 5) is 13.1. The molecule has 26 heavy (non-hydrogen) atoms. The summed E-state index contributed by atoms with van der Waals surface area (Å²) in [5.41, 5.74) is 5.00. The Bertz CT molecular complexity index is 949. The maximum absolute atomic E-state index is 12.5. The van der Waals surface area contributed by atoms with E-state index in [1.807, 2.05) is 62.5 Å². The molecule has 1 N–H and O–H groups in total. The van der Waals surface area contributed by atoms with Crippen molar-refractivity contribution in [3.63, 3.8) is 0 Å². The standard InChI is InChI=1S/C21H20ClNO2S/c1-13-4-7-19(15(3)8-13)23-21(24)20-10-16(12-26-20)11-25-17-5-6-18(22)14(2)9-17/h4-10,12H,11H2,1-3H3,(H,23,24). The van der Waals surface area contributed by atoms with Crippen LogP contribution in [0, 0.1) is 20.8 Å². The normalized spacial score (nSPS) is 10.6. The molecule has 3 rings (SSSR count). The van der Waals surface area contributed by atoms with E-state index < -0.39 is 0 Å². The zero-order valence-corrected chi connectivity index (χ0v) is 16.5. The van der Waals surface area contributed by atoms with E-state index in [-0.39, 0.29) is 5.91 Å². The van der Waals surface area contributed by atoms with Gasteiger partial charge in [0, 0.05) is 16.3 Å². The van der Waals surface area contributed by atoms with Crippen LogP contribution in [0.2, 0.25) is 5.02 Å². The molecular weight excluding hydrogens is 366 g/mol. The maximum atomic E-state index is 12.5. The highest BCUT2D eigenvalue weighted by molar-refractivity contribution is 7.12. The Hall–Kier alpha value is -2.30. The Labute approximate surface area is 162 Å². The summed E-state index contributed by atoms with van der Waals surface area (Å²) in [5, 5.41) is 5.64. The molecule has 1 heterocycles. The van der Waals surface area contributed by atoms with Crippen molar-refractivity contribution in [1.29, 1.82) is 0 Å². The lowest BCUT2D eigenvalue weighted by Crippen LogP contribution is -2.11.